The van der Waals surface area contributed by atoms with E-state index >= 15 is 0 Å². The van der Waals surface area contributed by atoms with E-state index in [1.807, 2.05) is 17.9 Å². The second-order valence-electron chi connectivity index (χ2n) is 7.19. The fraction of sp³-hybridized carbons (Fsp3) is 0.476. The van der Waals surface area contributed by atoms with Gasteiger partial charge in [-0.3, -0.25) is 4.79 Å². The molecule has 1 amide bonds. The van der Waals surface area contributed by atoms with Gasteiger partial charge in [0.15, 0.2) is 0 Å². The number of hydrogen-bond acceptors (Lipinski definition) is 4. The molecule has 1 atom stereocenters. The number of aromatic nitrogens is 2. The Kier molecular flexibility index (Phi) is 5.55. The monoisotopic (exact) mass is 352 g/mol. The second kappa shape index (κ2) is 7.85. The summed E-state index contributed by atoms with van der Waals surface area (Å²) in [6.45, 7) is 8.94. The molecule has 0 radical (unpaired) electrons. The molecule has 0 saturated carbocycles. The van der Waals surface area contributed by atoms with Crippen LogP contribution < -0.4 is 5.32 Å². The van der Waals surface area contributed by atoms with Crippen LogP contribution in [-0.4, -0.2) is 33.4 Å². The van der Waals surface area contributed by atoms with Gasteiger partial charge in [-0.1, -0.05) is 24.6 Å². The molecule has 5 heteroatoms. The molecule has 26 heavy (non-hydrogen) atoms. The Bertz CT molecular complexity index is 803. The molecular formula is C21H28N4O. The van der Waals surface area contributed by atoms with Crippen LogP contribution in [0.3, 0.4) is 0 Å². The topological polar surface area (TPSA) is 58.1 Å². The molecule has 1 fully saturated rings. The Hall–Kier alpha value is -2.43. The highest BCUT2D eigenvalue weighted by Gasteiger charge is 2.27. The summed E-state index contributed by atoms with van der Waals surface area (Å²) in [6, 6.07) is 8.33. The zero-order valence-electron chi connectivity index (χ0n) is 16.2. The van der Waals surface area contributed by atoms with Crippen molar-refractivity contribution in [2.24, 2.45) is 0 Å². The molecule has 1 unspecified atom stereocenters. The summed E-state index contributed by atoms with van der Waals surface area (Å²) < 4.78 is 0. The molecule has 1 aromatic carbocycles. The van der Waals surface area contributed by atoms with Gasteiger partial charge >= 0.3 is 0 Å². The SMILES string of the molecule is CCC1CCCCN1C(=O)c1cc(Nc2ccc(C)cc2C)nc(C)n1. The zero-order chi connectivity index (χ0) is 18.7. The molecule has 138 valence electrons. The first kappa shape index (κ1) is 18.4. The van der Waals surface area contributed by atoms with Crippen LogP contribution in [0.25, 0.3) is 0 Å². The highest BCUT2D eigenvalue weighted by Crippen LogP contribution is 2.24. The molecule has 1 aliphatic rings. The van der Waals surface area contributed by atoms with Crippen molar-refractivity contribution in [2.45, 2.75) is 59.4 Å². The van der Waals surface area contributed by atoms with Gasteiger partial charge in [-0.2, -0.15) is 0 Å². The van der Waals surface area contributed by atoms with E-state index in [9.17, 15) is 4.79 Å². The fourth-order valence-electron chi connectivity index (χ4n) is 3.67. The lowest BCUT2D eigenvalue weighted by Crippen LogP contribution is -2.43. The normalized spacial score (nSPS) is 17.2. The van der Waals surface area contributed by atoms with Crippen LogP contribution in [0.1, 0.15) is 60.0 Å². The number of nitrogens with zero attached hydrogens (tertiary/aromatic N) is 3. The first-order valence-electron chi connectivity index (χ1n) is 9.49. The summed E-state index contributed by atoms with van der Waals surface area (Å²) in [5, 5.41) is 3.34. The van der Waals surface area contributed by atoms with E-state index in [2.05, 4.69) is 48.2 Å². The van der Waals surface area contributed by atoms with Gasteiger partial charge in [-0.15, -0.1) is 0 Å². The standard InChI is InChI=1S/C21H28N4O/c1-5-17-8-6-7-11-25(17)21(26)19-13-20(23-16(4)22-19)24-18-10-9-14(2)12-15(18)3/h9-10,12-13,17H,5-8,11H2,1-4H3,(H,22,23,24). The van der Waals surface area contributed by atoms with Gasteiger partial charge in [-0.05, 0) is 58.1 Å². The quantitative estimate of drug-likeness (QED) is 0.877. The highest BCUT2D eigenvalue weighted by atomic mass is 16.2. The van der Waals surface area contributed by atoms with Gasteiger partial charge in [0.2, 0.25) is 0 Å². The van der Waals surface area contributed by atoms with Gasteiger partial charge in [0, 0.05) is 24.3 Å². The van der Waals surface area contributed by atoms with Gasteiger partial charge < -0.3 is 10.2 Å². The third kappa shape index (κ3) is 4.03. The first-order valence-corrected chi connectivity index (χ1v) is 9.49. The minimum Gasteiger partial charge on any atom is -0.340 e. The Morgan fingerprint density at radius 1 is 1.19 bits per heavy atom. The summed E-state index contributed by atoms with van der Waals surface area (Å²) in [5.41, 5.74) is 3.84. The van der Waals surface area contributed by atoms with E-state index in [0.29, 0.717) is 23.4 Å². The third-order valence-electron chi connectivity index (χ3n) is 5.06. The molecule has 3 rings (SSSR count). The van der Waals surface area contributed by atoms with E-state index < -0.39 is 0 Å². The van der Waals surface area contributed by atoms with Crippen molar-refractivity contribution in [3.8, 4) is 0 Å². The van der Waals surface area contributed by atoms with Gasteiger partial charge in [-0.25, -0.2) is 9.97 Å². The molecule has 1 N–H and O–H groups in total. The van der Waals surface area contributed by atoms with Crippen LogP contribution in [0.15, 0.2) is 24.3 Å². The smallest absolute Gasteiger partial charge is 0.272 e. The van der Waals surface area contributed by atoms with Crippen molar-refractivity contribution in [1.29, 1.82) is 0 Å². The highest BCUT2D eigenvalue weighted by molar-refractivity contribution is 5.93. The molecule has 2 aromatic rings. The number of likely N-dealkylation sites (tertiary alicyclic amines) is 1. The number of benzene rings is 1. The number of carbonyl (C=O) groups is 1. The minimum atomic E-state index is 0.0192. The van der Waals surface area contributed by atoms with Crippen molar-refractivity contribution in [3.63, 3.8) is 0 Å². The molecule has 0 spiro atoms. The van der Waals surface area contributed by atoms with E-state index in [-0.39, 0.29) is 5.91 Å². The number of hydrogen-bond donors (Lipinski definition) is 1. The van der Waals surface area contributed by atoms with Gasteiger partial charge in [0.05, 0.1) is 0 Å². The number of rotatable bonds is 4. The Morgan fingerprint density at radius 2 is 2.00 bits per heavy atom. The Morgan fingerprint density at radius 3 is 2.73 bits per heavy atom. The predicted octanol–water partition coefficient (Wildman–Crippen LogP) is 4.55. The van der Waals surface area contributed by atoms with Crippen LogP contribution in [0.4, 0.5) is 11.5 Å². The maximum Gasteiger partial charge on any atom is 0.272 e. The summed E-state index contributed by atoms with van der Waals surface area (Å²) in [4.78, 5) is 23.9. The first-order chi connectivity index (χ1) is 12.5. The van der Waals surface area contributed by atoms with E-state index in [0.717, 1.165) is 37.1 Å². The molecule has 1 saturated heterocycles. The second-order valence-corrected chi connectivity index (χ2v) is 7.19. The largest absolute Gasteiger partial charge is 0.340 e. The van der Waals surface area contributed by atoms with Crippen molar-refractivity contribution in [3.05, 3.63) is 46.9 Å². The van der Waals surface area contributed by atoms with Crippen LogP contribution in [-0.2, 0) is 0 Å². The van der Waals surface area contributed by atoms with Crippen molar-refractivity contribution in [1.82, 2.24) is 14.9 Å². The molecule has 1 aromatic heterocycles. The van der Waals surface area contributed by atoms with E-state index in [4.69, 9.17) is 0 Å². The average molecular weight is 352 g/mol. The molecule has 2 heterocycles. The number of aryl methyl sites for hydroxylation is 3. The predicted molar refractivity (Wildman–Crippen MR) is 105 cm³/mol. The third-order valence-corrected chi connectivity index (χ3v) is 5.06. The Labute approximate surface area is 155 Å². The molecular weight excluding hydrogens is 324 g/mol. The van der Waals surface area contributed by atoms with Crippen molar-refractivity contribution >= 4 is 17.4 Å². The van der Waals surface area contributed by atoms with Crippen LogP contribution in [0.2, 0.25) is 0 Å². The minimum absolute atomic E-state index is 0.0192. The molecule has 0 bridgehead atoms. The van der Waals surface area contributed by atoms with Gasteiger partial charge in [0.1, 0.15) is 17.3 Å². The summed E-state index contributed by atoms with van der Waals surface area (Å²) in [7, 11) is 0. The van der Waals surface area contributed by atoms with Crippen LogP contribution in [0, 0.1) is 20.8 Å². The molecule has 1 aliphatic heterocycles. The van der Waals surface area contributed by atoms with E-state index in [1.165, 1.54) is 12.0 Å². The number of piperidine rings is 1. The van der Waals surface area contributed by atoms with E-state index in [1.54, 1.807) is 6.07 Å². The fourth-order valence-corrected chi connectivity index (χ4v) is 3.67. The summed E-state index contributed by atoms with van der Waals surface area (Å²) >= 11 is 0. The lowest BCUT2D eigenvalue weighted by atomic mass is 9.99. The van der Waals surface area contributed by atoms with Crippen LogP contribution in [0.5, 0.6) is 0 Å². The summed E-state index contributed by atoms with van der Waals surface area (Å²) in [6.07, 6.45) is 4.34. The molecule has 5 nitrogen and oxygen atoms in total. The Balaban J connectivity index is 1.86. The molecule has 0 aliphatic carbocycles. The van der Waals surface area contributed by atoms with Crippen LogP contribution >= 0.6 is 0 Å². The van der Waals surface area contributed by atoms with Gasteiger partial charge in [0.25, 0.3) is 5.91 Å². The number of carbonyl (C=O) groups excluding carboxylic acids is 1. The maximum absolute atomic E-state index is 13.0. The number of anilines is 2. The zero-order valence-corrected chi connectivity index (χ0v) is 16.2. The average Bonchev–Trinajstić information content (AvgIpc) is 2.63. The maximum atomic E-state index is 13.0. The number of nitrogens with one attached hydrogen (secondary N) is 1. The lowest BCUT2D eigenvalue weighted by Gasteiger charge is -2.35. The lowest BCUT2D eigenvalue weighted by molar-refractivity contribution is 0.0601. The summed E-state index contributed by atoms with van der Waals surface area (Å²) in [5.74, 6) is 1.29. The van der Waals surface area contributed by atoms with Crippen molar-refractivity contribution in [2.75, 3.05) is 11.9 Å². The number of amides is 1. The van der Waals surface area contributed by atoms with Crippen molar-refractivity contribution < 1.29 is 4.79 Å².